The van der Waals surface area contributed by atoms with E-state index in [9.17, 15) is 0 Å². The first kappa shape index (κ1) is 14.3. The topological polar surface area (TPSA) is 51.4 Å². The van der Waals surface area contributed by atoms with E-state index in [1.54, 1.807) is 0 Å². The van der Waals surface area contributed by atoms with Gasteiger partial charge in [0.15, 0.2) is 0 Å². The molecular formula is C14H23N3OS. The van der Waals surface area contributed by atoms with Gasteiger partial charge in [0.25, 0.3) is 0 Å². The fourth-order valence-electron chi connectivity index (χ4n) is 1.81. The Morgan fingerprint density at radius 3 is 2.89 bits per heavy atom. The maximum atomic E-state index is 5.92. The summed E-state index contributed by atoms with van der Waals surface area (Å²) in [6.07, 6.45) is 4.65. The molecule has 1 atom stereocenters. The summed E-state index contributed by atoms with van der Waals surface area (Å²) in [4.78, 5) is 6.71. The van der Waals surface area contributed by atoms with Gasteiger partial charge >= 0.3 is 0 Å². The van der Waals surface area contributed by atoms with Crippen LogP contribution in [0.3, 0.4) is 0 Å². The number of nitrogens with two attached hydrogens (primary N) is 1. The molecular weight excluding hydrogens is 258 g/mol. The average molecular weight is 281 g/mol. The van der Waals surface area contributed by atoms with Crippen LogP contribution in [0.5, 0.6) is 5.88 Å². The van der Waals surface area contributed by atoms with Crippen molar-refractivity contribution in [2.24, 2.45) is 5.92 Å². The monoisotopic (exact) mass is 281 g/mol. The molecule has 1 aromatic heterocycles. The highest BCUT2D eigenvalue weighted by molar-refractivity contribution is 7.98. The van der Waals surface area contributed by atoms with Crippen molar-refractivity contribution >= 4 is 23.3 Å². The third-order valence-electron chi connectivity index (χ3n) is 3.46. The fraction of sp³-hybridized carbons (Fsp3) is 0.643. The molecule has 0 spiro atoms. The van der Waals surface area contributed by atoms with Crippen LogP contribution in [0.25, 0.3) is 0 Å². The molecule has 1 aliphatic rings. The summed E-state index contributed by atoms with van der Waals surface area (Å²) in [5, 5.41) is 0. The van der Waals surface area contributed by atoms with Gasteiger partial charge in [-0.15, -0.1) is 0 Å². The predicted molar refractivity (Wildman–Crippen MR) is 83.1 cm³/mol. The van der Waals surface area contributed by atoms with Crippen LogP contribution < -0.4 is 15.4 Å². The van der Waals surface area contributed by atoms with Crippen LogP contribution in [0.2, 0.25) is 0 Å². The Balaban J connectivity index is 2.05. The number of hydrogen-bond donors (Lipinski definition) is 1. The largest absolute Gasteiger partial charge is 0.476 e. The van der Waals surface area contributed by atoms with E-state index in [1.807, 2.05) is 23.9 Å². The molecule has 0 radical (unpaired) electrons. The first-order valence-electron chi connectivity index (χ1n) is 6.73. The number of pyridine rings is 1. The second-order valence-electron chi connectivity index (χ2n) is 5.23. The van der Waals surface area contributed by atoms with E-state index in [-0.39, 0.29) is 0 Å². The lowest BCUT2D eigenvalue weighted by Gasteiger charge is -2.25. The van der Waals surface area contributed by atoms with E-state index in [2.05, 4.69) is 30.1 Å². The molecule has 1 unspecified atom stereocenters. The minimum atomic E-state index is 0.433. The summed E-state index contributed by atoms with van der Waals surface area (Å²) in [6.45, 7) is 2.93. The van der Waals surface area contributed by atoms with Crippen molar-refractivity contribution in [3.63, 3.8) is 0 Å². The number of ether oxygens (including phenoxy) is 1. The highest BCUT2D eigenvalue weighted by Gasteiger charge is 2.23. The van der Waals surface area contributed by atoms with Crippen molar-refractivity contribution in [3.8, 4) is 5.88 Å². The Bertz CT molecular complexity index is 423. The summed E-state index contributed by atoms with van der Waals surface area (Å²) in [5.41, 5.74) is 6.54. The molecule has 1 aliphatic carbocycles. The minimum Gasteiger partial charge on any atom is -0.476 e. The van der Waals surface area contributed by atoms with Gasteiger partial charge in [0.2, 0.25) is 5.88 Å². The van der Waals surface area contributed by atoms with Crippen LogP contribution in [0.1, 0.15) is 19.8 Å². The number of aromatic nitrogens is 1. The van der Waals surface area contributed by atoms with Gasteiger partial charge in [0.05, 0.1) is 12.3 Å². The van der Waals surface area contributed by atoms with Crippen LogP contribution in [-0.2, 0) is 0 Å². The SMILES string of the molecule is CSCC(C)N(C)c1ccc(N)c(OCC2CC2)n1. The summed E-state index contributed by atoms with van der Waals surface area (Å²) in [6, 6.07) is 4.27. The second-order valence-corrected chi connectivity index (χ2v) is 6.14. The quantitative estimate of drug-likeness (QED) is 0.832. The zero-order valence-electron chi connectivity index (χ0n) is 11.9. The lowest BCUT2D eigenvalue weighted by atomic mass is 10.3. The van der Waals surface area contributed by atoms with Crippen LogP contribution in [0, 0.1) is 5.92 Å². The van der Waals surface area contributed by atoms with Gasteiger partial charge in [0, 0.05) is 18.8 Å². The molecule has 0 amide bonds. The Morgan fingerprint density at radius 2 is 2.26 bits per heavy atom. The summed E-state index contributed by atoms with van der Waals surface area (Å²) < 4.78 is 5.72. The third-order valence-corrected chi connectivity index (χ3v) is 4.27. The Kier molecular flexibility index (Phi) is 4.80. The van der Waals surface area contributed by atoms with Gasteiger partial charge in [-0.25, -0.2) is 0 Å². The average Bonchev–Trinajstić information content (AvgIpc) is 3.21. The maximum Gasteiger partial charge on any atom is 0.239 e. The fourth-order valence-corrected chi connectivity index (χ4v) is 2.52. The number of nitrogen functional groups attached to an aromatic ring is 1. The molecule has 2 rings (SSSR count). The molecule has 0 aromatic carbocycles. The second kappa shape index (κ2) is 6.37. The minimum absolute atomic E-state index is 0.433. The van der Waals surface area contributed by atoms with Crippen molar-refractivity contribution in [1.82, 2.24) is 4.98 Å². The van der Waals surface area contributed by atoms with E-state index in [4.69, 9.17) is 10.5 Å². The zero-order valence-corrected chi connectivity index (χ0v) is 12.7. The first-order valence-corrected chi connectivity index (χ1v) is 8.12. The highest BCUT2D eigenvalue weighted by Crippen LogP contribution is 2.31. The smallest absolute Gasteiger partial charge is 0.239 e. The summed E-state index contributed by atoms with van der Waals surface area (Å²) >= 11 is 1.84. The van der Waals surface area contributed by atoms with Crippen LogP contribution in [0.4, 0.5) is 11.5 Å². The number of nitrogens with zero attached hydrogens (tertiary/aromatic N) is 2. The van der Waals surface area contributed by atoms with Gasteiger partial charge in [0.1, 0.15) is 5.82 Å². The van der Waals surface area contributed by atoms with Crippen LogP contribution >= 0.6 is 11.8 Å². The third kappa shape index (κ3) is 3.93. The Morgan fingerprint density at radius 1 is 1.53 bits per heavy atom. The number of thioether (sulfide) groups is 1. The molecule has 1 heterocycles. The Labute approximate surface area is 119 Å². The van der Waals surface area contributed by atoms with E-state index >= 15 is 0 Å². The molecule has 1 aromatic rings. The predicted octanol–water partition coefficient (Wildman–Crippen LogP) is 2.64. The van der Waals surface area contributed by atoms with Crippen molar-refractivity contribution < 1.29 is 4.74 Å². The summed E-state index contributed by atoms with van der Waals surface area (Å²) in [5.74, 6) is 3.27. The van der Waals surface area contributed by atoms with Crippen LogP contribution in [0.15, 0.2) is 12.1 Å². The van der Waals surface area contributed by atoms with Gasteiger partial charge in [-0.3, -0.25) is 0 Å². The van der Waals surface area contributed by atoms with Crippen molar-refractivity contribution in [2.75, 3.05) is 36.3 Å². The van der Waals surface area contributed by atoms with Crippen molar-refractivity contribution in [2.45, 2.75) is 25.8 Å². The lowest BCUT2D eigenvalue weighted by Crippen LogP contribution is -2.31. The molecule has 19 heavy (non-hydrogen) atoms. The lowest BCUT2D eigenvalue weighted by molar-refractivity contribution is 0.290. The molecule has 4 nitrogen and oxygen atoms in total. The Hall–Kier alpha value is -1.10. The van der Waals surface area contributed by atoms with E-state index < -0.39 is 0 Å². The van der Waals surface area contributed by atoms with Crippen molar-refractivity contribution in [3.05, 3.63) is 12.1 Å². The van der Waals surface area contributed by atoms with Gasteiger partial charge < -0.3 is 15.4 Å². The molecule has 1 saturated carbocycles. The molecule has 2 N–H and O–H groups in total. The standard InChI is InChI=1S/C14H23N3OS/c1-10(9-19-3)17(2)13-7-6-12(15)14(16-13)18-8-11-4-5-11/h6-7,10-11H,4-5,8-9,15H2,1-3H3. The molecule has 0 saturated heterocycles. The van der Waals surface area contributed by atoms with E-state index in [0.29, 0.717) is 23.5 Å². The van der Waals surface area contributed by atoms with E-state index in [1.165, 1.54) is 12.8 Å². The molecule has 5 heteroatoms. The number of hydrogen-bond acceptors (Lipinski definition) is 5. The van der Waals surface area contributed by atoms with Gasteiger partial charge in [-0.1, -0.05) is 0 Å². The van der Waals surface area contributed by atoms with Gasteiger partial charge in [-0.05, 0) is 44.1 Å². The summed E-state index contributed by atoms with van der Waals surface area (Å²) in [7, 11) is 2.06. The number of anilines is 2. The zero-order chi connectivity index (χ0) is 13.8. The maximum absolute atomic E-state index is 5.92. The number of rotatable bonds is 7. The van der Waals surface area contributed by atoms with Crippen molar-refractivity contribution in [1.29, 1.82) is 0 Å². The molecule has 1 fully saturated rings. The van der Waals surface area contributed by atoms with E-state index in [0.717, 1.165) is 18.2 Å². The molecule has 0 bridgehead atoms. The molecule has 106 valence electrons. The van der Waals surface area contributed by atoms with Crippen LogP contribution in [-0.4, -0.2) is 36.7 Å². The molecule has 0 aliphatic heterocycles. The highest BCUT2D eigenvalue weighted by atomic mass is 32.2. The normalized spacial score (nSPS) is 16.2. The van der Waals surface area contributed by atoms with Gasteiger partial charge in [-0.2, -0.15) is 16.7 Å². The first-order chi connectivity index (χ1) is 9.11.